The minimum Gasteiger partial charge on any atom is -0.497 e. The van der Waals surface area contributed by atoms with E-state index in [0.29, 0.717) is 29.0 Å². The van der Waals surface area contributed by atoms with E-state index < -0.39 is 0 Å². The fourth-order valence-electron chi connectivity index (χ4n) is 4.57. The molecule has 0 bridgehead atoms. The van der Waals surface area contributed by atoms with Crippen LogP contribution in [0.5, 0.6) is 5.75 Å². The molecule has 0 saturated heterocycles. The number of anilines is 2. The summed E-state index contributed by atoms with van der Waals surface area (Å²) < 4.78 is 11.6. The first kappa shape index (κ1) is 22.3. The van der Waals surface area contributed by atoms with Gasteiger partial charge in [-0.3, -0.25) is 4.79 Å². The zero-order valence-electron chi connectivity index (χ0n) is 19.9. The fraction of sp³-hybridized carbons (Fsp3) is 0.0714. The summed E-state index contributed by atoms with van der Waals surface area (Å²) in [6.07, 6.45) is 0.365. The normalized spacial score (nSPS) is 12.9. The van der Waals surface area contributed by atoms with Gasteiger partial charge in [-0.15, -0.1) is 0 Å². The Balaban J connectivity index is 1.56. The molecule has 6 rings (SSSR count). The molecule has 0 spiro atoms. The van der Waals surface area contributed by atoms with E-state index >= 15 is 0 Å². The molecule has 0 amide bonds. The molecule has 3 N–H and O–H groups in total. The number of fused-ring (bicyclic) bond motifs is 1. The van der Waals surface area contributed by atoms with Gasteiger partial charge in [0.15, 0.2) is 0 Å². The zero-order valence-corrected chi connectivity index (χ0v) is 19.9. The highest BCUT2D eigenvalue weighted by Crippen LogP contribution is 2.40. The van der Waals surface area contributed by atoms with Gasteiger partial charge in [0, 0.05) is 23.2 Å². The molecule has 0 atom stereocenters. The van der Waals surface area contributed by atoms with E-state index in [0.717, 1.165) is 28.1 Å². The molecular weight excluding hydrogens is 468 g/mol. The number of nitrogens with zero attached hydrogens (tertiary/aromatic N) is 4. The highest BCUT2D eigenvalue weighted by atomic mass is 16.6. The van der Waals surface area contributed by atoms with E-state index in [-0.39, 0.29) is 17.5 Å². The molecule has 0 saturated carbocycles. The van der Waals surface area contributed by atoms with Gasteiger partial charge in [-0.2, -0.15) is 9.78 Å². The first-order valence-electron chi connectivity index (χ1n) is 11.6. The Morgan fingerprint density at radius 1 is 0.892 bits per heavy atom. The van der Waals surface area contributed by atoms with Crippen molar-refractivity contribution < 1.29 is 14.2 Å². The molecule has 9 heteroatoms. The molecule has 3 aromatic carbocycles. The number of nitrogens with one attached hydrogen (secondary N) is 1. The molecule has 2 aromatic heterocycles. The van der Waals surface area contributed by atoms with Gasteiger partial charge >= 0.3 is 0 Å². The molecule has 0 radical (unpaired) electrons. The number of rotatable bonds is 6. The van der Waals surface area contributed by atoms with Crippen molar-refractivity contribution in [3.63, 3.8) is 0 Å². The summed E-state index contributed by atoms with van der Waals surface area (Å²) in [5.74, 6) is 0.751. The van der Waals surface area contributed by atoms with Gasteiger partial charge in [0.05, 0.1) is 18.4 Å². The average Bonchev–Trinajstić information content (AvgIpc) is 3.53. The van der Waals surface area contributed by atoms with E-state index in [1.165, 1.54) is 4.68 Å². The molecule has 1 aliphatic rings. The van der Waals surface area contributed by atoms with E-state index in [9.17, 15) is 4.79 Å². The number of allylic oxidation sites excluding steroid dienone is 2. The molecule has 37 heavy (non-hydrogen) atoms. The SMILES string of the molecule is COc1ccc(C2=C(Nc3nonc3N)Cc3c(-c4ccccc4)c(-c4ccccc4)nn3C2=O)cc1. The zero-order chi connectivity index (χ0) is 25.4. The minimum atomic E-state index is -0.275. The number of benzene rings is 3. The van der Waals surface area contributed by atoms with Crippen LogP contribution in [0.3, 0.4) is 0 Å². The summed E-state index contributed by atoms with van der Waals surface area (Å²) >= 11 is 0. The third-order valence-electron chi connectivity index (χ3n) is 6.30. The Morgan fingerprint density at radius 3 is 2.19 bits per heavy atom. The number of methoxy groups -OCH3 is 1. The van der Waals surface area contributed by atoms with Crippen LogP contribution in [0, 0.1) is 0 Å². The molecule has 182 valence electrons. The summed E-state index contributed by atoms with van der Waals surface area (Å²) in [6, 6.07) is 27.1. The first-order valence-corrected chi connectivity index (χ1v) is 11.6. The largest absolute Gasteiger partial charge is 0.497 e. The van der Waals surface area contributed by atoms with Crippen molar-refractivity contribution in [1.29, 1.82) is 0 Å². The monoisotopic (exact) mass is 490 g/mol. The highest BCUT2D eigenvalue weighted by Gasteiger charge is 2.33. The third-order valence-corrected chi connectivity index (χ3v) is 6.30. The van der Waals surface area contributed by atoms with Gasteiger partial charge in [-0.05, 0) is 33.6 Å². The van der Waals surface area contributed by atoms with Crippen LogP contribution < -0.4 is 15.8 Å². The molecule has 0 unspecified atom stereocenters. The summed E-state index contributed by atoms with van der Waals surface area (Å²) in [7, 11) is 1.60. The van der Waals surface area contributed by atoms with Gasteiger partial charge in [0.2, 0.25) is 11.6 Å². The lowest BCUT2D eigenvalue weighted by atomic mass is 9.92. The number of aromatic nitrogens is 4. The second kappa shape index (κ2) is 9.12. The van der Waals surface area contributed by atoms with E-state index in [4.69, 9.17) is 20.2 Å². The topological polar surface area (TPSA) is 121 Å². The van der Waals surface area contributed by atoms with Crippen LogP contribution in [0.4, 0.5) is 11.6 Å². The number of carbonyl (C=O) groups is 1. The number of nitrogen functional groups attached to an aromatic ring is 1. The Labute approximate surface area is 212 Å². The lowest BCUT2D eigenvalue weighted by molar-refractivity contribution is 0.0958. The lowest BCUT2D eigenvalue weighted by Gasteiger charge is -2.22. The maximum atomic E-state index is 14.1. The van der Waals surface area contributed by atoms with Crippen LogP contribution in [0.15, 0.2) is 95.3 Å². The Bertz CT molecular complexity index is 1620. The Morgan fingerprint density at radius 2 is 1.57 bits per heavy atom. The van der Waals surface area contributed by atoms with Crippen LogP contribution in [0.1, 0.15) is 16.1 Å². The molecule has 3 heterocycles. The maximum absolute atomic E-state index is 14.1. The first-order chi connectivity index (χ1) is 18.1. The number of ether oxygens (including phenoxy) is 1. The predicted molar refractivity (Wildman–Crippen MR) is 140 cm³/mol. The maximum Gasteiger partial charge on any atom is 0.280 e. The smallest absolute Gasteiger partial charge is 0.280 e. The van der Waals surface area contributed by atoms with E-state index in [1.54, 1.807) is 7.11 Å². The molecule has 1 aliphatic heterocycles. The standard InChI is InChI=1S/C28H22N6O3/c1-36-20-14-12-18(13-15-20)23-21(30-27-26(29)32-37-33-27)16-22-24(17-8-4-2-5-9-17)25(31-34(22)28(23)35)19-10-6-3-7-11-19/h2-15H,16H2,1H3,(H2,29,32)(H,30,33). The molecule has 0 aliphatic carbocycles. The highest BCUT2D eigenvalue weighted by molar-refractivity contribution is 6.23. The molecule has 0 fully saturated rings. The summed E-state index contributed by atoms with van der Waals surface area (Å²) in [5.41, 5.74) is 11.9. The second-order valence-electron chi connectivity index (χ2n) is 8.50. The molecule has 9 nitrogen and oxygen atoms in total. The van der Waals surface area contributed by atoms with Crippen LogP contribution >= 0.6 is 0 Å². The van der Waals surface area contributed by atoms with E-state index in [2.05, 4.69) is 15.6 Å². The van der Waals surface area contributed by atoms with Crippen molar-refractivity contribution >= 4 is 23.1 Å². The summed E-state index contributed by atoms with van der Waals surface area (Å²) in [5, 5.41) is 15.6. The van der Waals surface area contributed by atoms with Crippen molar-refractivity contribution in [1.82, 2.24) is 20.1 Å². The van der Waals surface area contributed by atoms with Gasteiger partial charge in [-0.25, -0.2) is 4.63 Å². The summed E-state index contributed by atoms with van der Waals surface area (Å²) in [4.78, 5) is 14.1. The van der Waals surface area contributed by atoms with Gasteiger partial charge < -0.3 is 15.8 Å². The third kappa shape index (κ3) is 3.92. The van der Waals surface area contributed by atoms with Crippen LogP contribution in [-0.4, -0.2) is 33.1 Å². The minimum absolute atomic E-state index is 0.0985. The van der Waals surface area contributed by atoms with Gasteiger partial charge in [-0.1, -0.05) is 72.8 Å². The van der Waals surface area contributed by atoms with Crippen molar-refractivity contribution in [3.05, 3.63) is 102 Å². The van der Waals surface area contributed by atoms with Crippen LogP contribution in [0.25, 0.3) is 28.0 Å². The van der Waals surface area contributed by atoms with Gasteiger partial charge in [0.1, 0.15) is 11.4 Å². The van der Waals surface area contributed by atoms with Crippen molar-refractivity contribution in [3.8, 4) is 28.1 Å². The van der Waals surface area contributed by atoms with Crippen molar-refractivity contribution in [2.24, 2.45) is 0 Å². The van der Waals surface area contributed by atoms with Crippen molar-refractivity contribution in [2.45, 2.75) is 6.42 Å². The molecular formula is C28H22N6O3. The number of nitrogens with two attached hydrogens (primary N) is 1. The number of hydrogen-bond donors (Lipinski definition) is 2. The number of hydrogen-bond acceptors (Lipinski definition) is 8. The predicted octanol–water partition coefficient (Wildman–Crippen LogP) is 4.91. The number of carbonyl (C=O) groups excluding carboxylic acids is 1. The second-order valence-corrected chi connectivity index (χ2v) is 8.50. The Hall–Kier alpha value is -5.18. The quantitative estimate of drug-likeness (QED) is 0.344. The average molecular weight is 491 g/mol. The lowest BCUT2D eigenvalue weighted by Crippen LogP contribution is -2.26. The fourth-order valence-corrected chi connectivity index (χ4v) is 4.57. The Kier molecular flexibility index (Phi) is 5.49. The molecule has 5 aromatic rings. The van der Waals surface area contributed by atoms with E-state index in [1.807, 2.05) is 84.9 Å². The van der Waals surface area contributed by atoms with Crippen LogP contribution in [-0.2, 0) is 6.42 Å². The van der Waals surface area contributed by atoms with Gasteiger partial charge in [0.25, 0.3) is 5.91 Å². The van der Waals surface area contributed by atoms with Crippen LogP contribution in [0.2, 0.25) is 0 Å². The summed E-state index contributed by atoms with van der Waals surface area (Å²) in [6.45, 7) is 0. The van der Waals surface area contributed by atoms with Crippen molar-refractivity contribution in [2.75, 3.05) is 18.2 Å².